The minimum absolute atomic E-state index is 0.0775. The van der Waals surface area contributed by atoms with Gasteiger partial charge in [-0.3, -0.25) is 9.59 Å². The highest BCUT2D eigenvalue weighted by atomic mass is 35.5. The number of benzene rings is 4. The quantitative estimate of drug-likeness (QED) is 0.112. The summed E-state index contributed by atoms with van der Waals surface area (Å²) in [5.41, 5.74) is 13.2. The van der Waals surface area contributed by atoms with Crippen LogP contribution in [0.15, 0.2) is 84.9 Å². The van der Waals surface area contributed by atoms with Crippen LogP contribution in [0.2, 0.25) is 10.0 Å². The number of ether oxygens (including phenoxy) is 2. The van der Waals surface area contributed by atoms with Crippen LogP contribution < -0.4 is 31.6 Å². The molecule has 16 heteroatoms. The summed E-state index contributed by atoms with van der Waals surface area (Å²) in [6.07, 6.45) is 4.37. The smallest absolute Gasteiger partial charge is 0.316 e. The number of rotatable bonds is 12. The van der Waals surface area contributed by atoms with E-state index in [2.05, 4.69) is 17.6 Å². The van der Waals surface area contributed by atoms with Crippen molar-refractivity contribution in [3.8, 4) is 11.5 Å². The van der Waals surface area contributed by atoms with Gasteiger partial charge in [-0.25, -0.2) is 18.4 Å². The molecule has 2 heterocycles. The largest absolute Gasteiger partial charge is 0.482 e. The van der Waals surface area contributed by atoms with E-state index in [4.69, 9.17) is 44.1 Å². The number of primary amides is 2. The predicted octanol–water partition coefficient (Wildman–Crippen LogP) is 8.29. The van der Waals surface area contributed by atoms with Crippen molar-refractivity contribution in [1.82, 2.24) is 9.80 Å². The minimum atomic E-state index is -0.745. The van der Waals surface area contributed by atoms with E-state index in [1.807, 2.05) is 36.1 Å². The summed E-state index contributed by atoms with van der Waals surface area (Å²) in [7, 11) is 0. The maximum Gasteiger partial charge on any atom is 0.316 e. The highest BCUT2D eigenvalue weighted by Crippen LogP contribution is 2.31. The Morgan fingerprint density at radius 2 is 1.20 bits per heavy atom. The first-order valence-corrected chi connectivity index (χ1v) is 20.4. The lowest BCUT2D eigenvalue weighted by Crippen LogP contribution is -2.46. The Kier molecular flexibility index (Phi) is 16.4. The molecule has 4 aromatic carbocycles. The van der Waals surface area contributed by atoms with Gasteiger partial charge in [0.15, 0.2) is 13.2 Å². The van der Waals surface area contributed by atoms with Crippen LogP contribution in [0, 0.1) is 29.4 Å². The molecule has 0 bridgehead atoms. The van der Waals surface area contributed by atoms with Gasteiger partial charge >= 0.3 is 12.1 Å². The standard InChI is InChI=1S/2C22H25ClFN3O3/c1-14-12-27(9-8-16(14)10-15-2-5-18(24)6-3-15)21(28)13-30-20-7-4-17(23)11-19(20)26-22(25)29;1-14-10-16(11-15-2-5-18(24)6-3-15)8-9-27(14)21(28)13-30-20-7-4-17(23)12-19(20)26-22(25)29/h2-7,11,14,16H,8-10,12-13H2,1H3,(H3,25,26,29);2-7,12,14,16H,8-11,13H2,1H3,(H3,25,26,29)/t;14-,16-/m.0/s1. The van der Waals surface area contributed by atoms with E-state index in [1.165, 1.54) is 36.4 Å². The van der Waals surface area contributed by atoms with Gasteiger partial charge in [0.1, 0.15) is 23.1 Å². The second kappa shape index (κ2) is 21.6. The third kappa shape index (κ3) is 13.7. The van der Waals surface area contributed by atoms with Gasteiger partial charge in [0, 0.05) is 35.7 Å². The lowest BCUT2D eigenvalue weighted by atomic mass is 9.82. The first-order chi connectivity index (χ1) is 28.6. The van der Waals surface area contributed by atoms with Crippen molar-refractivity contribution in [2.24, 2.45) is 29.2 Å². The van der Waals surface area contributed by atoms with Crippen LogP contribution in [0.4, 0.5) is 29.7 Å². The fraction of sp³-hybridized carbons (Fsp3) is 0.364. The van der Waals surface area contributed by atoms with E-state index in [0.717, 1.165) is 43.2 Å². The number of amides is 6. The molecular weight excluding hydrogens is 817 g/mol. The molecule has 0 spiro atoms. The molecule has 0 radical (unpaired) electrons. The number of carbonyl (C=O) groups excluding carboxylic acids is 4. The number of halogens is 4. The molecule has 2 unspecified atom stereocenters. The van der Waals surface area contributed by atoms with Crippen molar-refractivity contribution in [2.75, 3.05) is 43.5 Å². The summed E-state index contributed by atoms with van der Waals surface area (Å²) in [6, 6.07) is 21.2. The van der Waals surface area contributed by atoms with Crippen LogP contribution >= 0.6 is 23.2 Å². The molecule has 4 atom stereocenters. The molecule has 60 heavy (non-hydrogen) atoms. The van der Waals surface area contributed by atoms with Crippen molar-refractivity contribution >= 4 is 58.5 Å². The van der Waals surface area contributed by atoms with Gasteiger partial charge in [-0.1, -0.05) is 54.4 Å². The Morgan fingerprint density at radius 3 is 1.68 bits per heavy atom. The molecule has 2 saturated heterocycles. The van der Waals surface area contributed by atoms with Crippen LogP contribution in [0.25, 0.3) is 0 Å². The Balaban J connectivity index is 0.000000228. The molecule has 0 aliphatic carbocycles. The van der Waals surface area contributed by atoms with Crippen molar-refractivity contribution in [2.45, 2.75) is 52.0 Å². The van der Waals surface area contributed by atoms with E-state index in [-0.39, 0.29) is 42.7 Å². The van der Waals surface area contributed by atoms with Crippen LogP contribution in [-0.2, 0) is 22.4 Å². The molecule has 2 aliphatic rings. The molecule has 12 nitrogen and oxygen atoms in total. The summed E-state index contributed by atoms with van der Waals surface area (Å²) < 4.78 is 37.4. The van der Waals surface area contributed by atoms with Crippen LogP contribution in [0.1, 0.15) is 44.2 Å². The Morgan fingerprint density at radius 1 is 0.700 bits per heavy atom. The van der Waals surface area contributed by atoms with E-state index < -0.39 is 12.1 Å². The number of nitrogens with two attached hydrogens (primary N) is 2. The van der Waals surface area contributed by atoms with E-state index >= 15 is 0 Å². The molecule has 4 aromatic rings. The normalized spacial score (nSPS) is 18.7. The fourth-order valence-electron chi connectivity index (χ4n) is 7.60. The van der Waals surface area contributed by atoms with Crippen LogP contribution in [-0.4, -0.2) is 72.6 Å². The van der Waals surface area contributed by atoms with Crippen LogP contribution in [0.5, 0.6) is 11.5 Å². The molecule has 0 saturated carbocycles. The van der Waals surface area contributed by atoms with Crippen LogP contribution in [0.3, 0.4) is 0 Å². The molecule has 6 N–H and O–H groups in total. The zero-order valence-corrected chi connectivity index (χ0v) is 35.0. The number of anilines is 2. The SMILES string of the molecule is CC1CN(C(=O)COc2ccc(Cl)cc2NC(N)=O)CCC1Cc1ccc(F)cc1.C[C@H]1C[C@@H](Cc2ccc(F)cc2)CCN1C(=O)COc1ccc(Cl)cc1NC(N)=O. The monoisotopic (exact) mass is 866 g/mol. The summed E-state index contributed by atoms with van der Waals surface area (Å²) >= 11 is 11.9. The second-order valence-electron chi connectivity index (χ2n) is 15.2. The fourth-order valence-corrected chi connectivity index (χ4v) is 7.94. The summed E-state index contributed by atoms with van der Waals surface area (Å²) in [5.74, 6) is 1.13. The number of hydrogen-bond donors (Lipinski definition) is 4. The molecule has 2 aliphatic heterocycles. The molecule has 320 valence electrons. The Hall–Kier alpha value is -5.60. The number of piperidine rings is 2. The summed E-state index contributed by atoms with van der Waals surface area (Å²) in [6.45, 7) is 5.78. The van der Waals surface area contributed by atoms with Crippen molar-refractivity contribution < 1.29 is 37.4 Å². The van der Waals surface area contributed by atoms with Crippen molar-refractivity contribution in [3.63, 3.8) is 0 Å². The minimum Gasteiger partial charge on any atom is -0.482 e. The summed E-state index contributed by atoms with van der Waals surface area (Å²) in [5, 5.41) is 5.70. The number of nitrogens with one attached hydrogen (secondary N) is 2. The number of carbonyl (C=O) groups is 4. The third-order valence-corrected chi connectivity index (χ3v) is 11.2. The average Bonchev–Trinajstić information content (AvgIpc) is 3.19. The number of urea groups is 2. The maximum atomic E-state index is 13.1. The topological polar surface area (TPSA) is 169 Å². The number of hydrogen-bond acceptors (Lipinski definition) is 6. The maximum absolute atomic E-state index is 13.1. The summed E-state index contributed by atoms with van der Waals surface area (Å²) in [4.78, 5) is 51.3. The van der Waals surface area contributed by atoms with Gasteiger partial charge in [0.2, 0.25) is 0 Å². The molecule has 0 aromatic heterocycles. The van der Waals surface area contributed by atoms with Gasteiger partial charge in [-0.2, -0.15) is 0 Å². The lowest BCUT2D eigenvalue weighted by Gasteiger charge is -2.37. The van der Waals surface area contributed by atoms with Gasteiger partial charge < -0.3 is 41.4 Å². The Bertz CT molecular complexity index is 2110. The zero-order valence-electron chi connectivity index (χ0n) is 33.5. The highest BCUT2D eigenvalue weighted by molar-refractivity contribution is 6.31. The van der Waals surface area contributed by atoms with E-state index in [9.17, 15) is 28.0 Å². The first kappa shape index (κ1) is 45.5. The first-order valence-electron chi connectivity index (χ1n) is 19.7. The second-order valence-corrected chi connectivity index (χ2v) is 16.1. The van der Waals surface area contributed by atoms with Gasteiger partial charge in [-0.15, -0.1) is 0 Å². The Labute approximate surface area is 358 Å². The number of nitrogens with zero attached hydrogens (tertiary/aromatic N) is 2. The average molecular weight is 868 g/mol. The van der Waals surface area contributed by atoms with Crippen molar-refractivity contribution in [1.29, 1.82) is 0 Å². The number of likely N-dealkylation sites (tertiary alicyclic amines) is 2. The van der Waals surface area contributed by atoms with E-state index in [1.54, 1.807) is 29.2 Å². The van der Waals surface area contributed by atoms with E-state index in [0.29, 0.717) is 70.3 Å². The van der Waals surface area contributed by atoms with Gasteiger partial charge in [0.05, 0.1) is 11.4 Å². The third-order valence-electron chi connectivity index (χ3n) is 10.7. The molecule has 6 amide bonds. The lowest BCUT2D eigenvalue weighted by molar-refractivity contribution is -0.137. The van der Waals surface area contributed by atoms with Gasteiger partial charge in [-0.05, 0) is 129 Å². The van der Waals surface area contributed by atoms with Crippen molar-refractivity contribution in [3.05, 3.63) is 118 Å². The predicted molar refractivity (Wildman–Crippen MR) is 228 cm³/mol. The van der Waals surface area contributed by atoms with Gasteiger partial charge in [0.25, 0.3) is 11.8 Å². The molecule has 6 rings (SSSR count). The zero-order chi connectivity index (χ0) is 43.3. The molecule has 2 fully saturated rings. The highest BCUT2D eigenvalue weighted by Gasteiger charge is 2.30. The molecular formula is C44H50Cl2F2N6O6.